The summed E-state index contributed by atoms with van der Waals surface area (Å²) in [7, 11) is 0. The van der Waals surface area contributed by atoms with Gasteiger partial charge in [0.2, 0.25) is 0 Å². The van der Waals surface area contributed by atoms with Crippen molar-refractivity contribution >= 4 is 0 Å². The van der Waals surface area contributed by atoms with Gasteiger partial charge >= 0.3 is 5.63 Å². The van der Waals surface area contributed by atoms with Gasteiger partial charge in [0.25, 0.3) is 0 Å². The maximum absolute atomic E-state index is 11.2. The standard InChI is InChI=1S/C22H25NO3/c1-2-3-4-5-6-7-12-20(24)16-15-18-10-8-11-19(23-18)17-21-13-9-14-22(25)26-21/h6-11,13-14,20,24H,2-5,12,17H2,1H3. The van der Waals surface area contributed by atoms with Crippen LogP contribution >= 0.6 is 0 Å². The van der Waals surface area contributed by atoms with Gasteiger partial charge < -0.3 is 9.52 Å². The van der Waals surface area contributed by atoms with Crippen LogP contribution in [0.25, 0.3) is 0 Å². The predicted octanol–water partition coefficient (Wildman–Crippen LogP) is 3.86. The Bertz CT molecular complexity index is 827. The Hall–Kier alpha value is -2.64. The van der Waals surface area contributed by atoms with Crippen LogP contribution in [0.5, 0.6) is 0 Å². The summed E-state index contributed by atoms with van der Waals surface area (Å²) in [5.41, 5.74) is 0.979. The van der Waals surface area contributed by atoms with Crippen LogP contribution in [0.4, 0.5) is 0 Å². The number of hydrogen-bond acceptors (Lipinski definition) is 4. The molecule has 1 atom stereocenters. The lowest BCUT2D eigenvalue weighted by Crippen LogP contribution is -2.02. The summed E-state index contributed by atoms with van der Waals surface area (Å²) in [5.74, 6) is 6.28. The number of pyridine rings is 1. The molecule has 1 unspecified atom stereocenters. The lowest BCUT2D eigenvalue weighted by Gasteiger charge is -2.01. The first-order chi connectivity index (χ1) is 12.7. The van der Waals surface area contributed by atoms with Crippen molar-refractivity contribution in [3.05, 3.63) is 76.1 Å². The molecule has 2 rings (SSSR count). The number of hydrogen-bond donors (Lipinski definition) is 1. The number of nitrogens with zero attached hydrogens (tertiary/aromatic N) is 1. The van der Waals surface area contributed by atoms with E-state index in [1.165, 1.54) is 25.3 Å². The number of aliphatic hydroxyl groups excluding tert-OH is 1. The average Bonchev–Trinajstić information content (AvgIpc) is 2.63. The summed E-state index contributed by atoms with van der Waals surface area (Å²) in [4.78, 5) is 15.7. The Morgan fingerprint density at radius 3 is 2.85 bits per heavy atom. The van der Waals surface area contributed by atoms with Crippen molar-refractivity contribution in [1.29, 1.82) is 0 Å². The van der Waals surface area contributed by atoms with E-state index in [9.17, 15) is 9.90 Å². The fourth-order valence-electron chi connectivity index (χ4n) is 2.42. The molecule has 1 N–H and O–H groups in total. The SMILES string of the molecule is CCCCCC=CCC(O)C#Cc1cccc(Cc2cccc(=O)o2)n1. The largest absolute Gasteiger partial charge is 0.427 e. The Kier molecular flexibility index (Phi) is 8.38. The molecule has 0 spiro atoms. The molecule has 0 bridgehead atoms. The first kappa shape index (κ1) is 19.7. The second-order valence-electron chi connectivity index (χ2n) is 6.09. The van der Waals surface area contributed by atoms with Gasteiger partial charge in [0, 0.05) is 24.6 Å². The van der Waals surface area contributed by atoms with Gasteiger partial charge in [-0.3, -0.25) is 0 Å². The zero-order chi connectivity index (χ0) is 18.6. The molecule has 0 aliphatic carbocycles. The van der Waals surface area contributed by atoms with Crippen molar-refractivity contribution in [3.63, 3.8) is 0 Å². The number of allylic oxidation sites excluding steroid dienone is 1. The lowest BCUT2D eigenvalue weighted by molar-refractivity contribution is 0.236. The quantitative estimate of drug-likeness (QED) is 0.445. The molecule has 136 valence electrons. The average molecular weight is 351 g/mol. The molecule has 0 saturated heterocycles. The van der Waals surface area contributed by atoms with E-state index in [4.69, 9.17) is 4.42 Å². The van der Waals surface area contributed by atoms with E-state index in [0.29, 0.717) is 24.3 Å². The molecule has 2 heterocycles. The van der Waals surface area contributed by atoms with E-state index < -0.39 is 6.10 Å². The summed E-state index contributed by atoms with van der Waals surface area (Å²) in [6.45, 7) is 2.18. The molecule has 0 radical (unpaired) electrons. The molecule has 0 fully saturated rings. The molecule has 2 aromatic heterocycles. The van der Waals surface area contributed by atoms with Gasteiger partial charge in [0.15, 0.2) is 0 Å². The Morgan fingerprint density at radius 1 is 1.19 bits per heavy atom. The van der Waals surface area contributed by atoms with Crippen molar-refractivity contribution < 1.29 is 9.52 Å². The van der Waals surface area contributed by atoms with E-state index in [1.54, 1.807) is 18.2 Å². The first-order valence-electron chi connectivity index (χ1n) is 9.07. The maximum atomic E-state index is 11.2. The topological polar surface area (TPSA) is 63.3 Å². The van der Waals surface area contributed by atoms with Gasteiger partial charge in [-0.2, -0.15) is 0 Å². The minimum atomic E-state index is -0.699. The third kappa shape index (κ3) is 7.50. The van der Waals surface area contributed by atoms with Crippen LogP contribution in [0.1, 0.15) is 56.2 Å². The summed E-state index contributed by atoms with van der Waals surface area (Å²) in [6.07, 6.45) is 9.02. The third-order valence-corrected chi connectivity index (χ3v) is 3.78. The summed E-state index contributed by atoms with van der Waals surface area (Å²) in [5, 5.41) is 9.95. The highest BCUT2D eigenvalue weighted by Crippen LogP contribution is 2.06. The van der Waals surface area contributed by atoms with Crippen molar-refractivity contribution in [3.8, 4) is 11.8 Å². The predicted molar refractivity (Wildman–Crippen MR) is 103 cm³/mol. The highest BCUT2D eigenvalue weighted by molar-refractivity contribution is 5.30. The number of unbranched alkanes of at least 4 members (excludes halogenated alkanes) is 3. The monoisotopic (exact) mass is 351 g/mol. The van der Waals surface area contributed by atoms with E-state index in [2.05, 4.69) is 29.8 Å². The van der Waals surface area contributed by atoms with Crippen molar-refractivity contribution in [2.45, 2.75) is 51.6 Å². The molecule has 4 nitrogen and oxygen atoms in total. The fraction of sp³-hybridized carbons (Fsp3) is 0.364. The molecule has 4 heteroatoms. The molecular weight excluding hydrogens is 326 g/mol. The highest BCUT2D eigenvalue weighted by atomic mass is 16.4. The van der Waals surface area contributed by atoms with Crippen molar-refractivity contribution in [2.24, 2.45) is 0 Å². The molecular formula is C22H25NO3. The van der Waals surface area contributed by atoms with Crippen LogP contribution in [0.15, 0.2) is 57.8 Å². The molecule has 0 saturated carbocycles. The van der Waals surface area contributed by atoms with E-state index >= 15 is 0 Å². The zero-order valence-electron chi connectivity index (χ0n) is 15.1. The summed E-state index contributed by atoms with van der Waals surface area (Å²) >= 11 is 0. The Labute approximate surface area is 154 Å². The number of aliphatic hydroxyl groups is 1. The highest BCUT2D eigenvalue weighted by Gasteiger charge is 2.02. The van der Waals surface area contributed by atoms with Crippen LogP contribution in [-0.4, -0.2) is 16.2 Å². The normalized spacial score (nSPS) is 11.9. The second kappa shape index (κ2) is 11.1. The number of aromatic nitrogens is 1. The van der Waals surface area contributed by atoms with Gasteiger partial charge in [-0.25, -0.2) is 9.78 Å². The zero-order valence-corrected chi connectivity index (χ0v) is 15.1. The van der Waals surface area contributed by atoms with Gasteiger partial charge in [0.05, 0.1) is 0 Å². The Morgan fingerprint density at radius 2 is 2.04 bits per heavy atom. The molecule has 2 aromatic rings. The molecule has 0 amide bonds. The molecule has 26 heavy (non-hydrogen) atoms. The van der Waals surface area contributed by atoms with Crippen LogP contribution < -0.4 is 5.63 Å². The third-order valence-electron chi connectivity index (χ3n) is 3.78. The van der Waals surface area contributed by atoms with Crippen LogP contribution in [0.3, 0.4) is 0 Å². The van der Waals surface area contributed by atoms with Crippen LogP contribution in [0, 0.1) is 11.8 Å². The Balaban J connectivity index is 1.90. The second-order valence-corrected chi connectivity index (χ2v) is 6.09. The van der Waals surface area contributed by atoms with Gasteiger partial charge in [-0.1, -0.05) is 50.0 Å². The van der Waals surface area contributed by atoms with Gasteiger partial charge in [0.1, 0.15) is 17.6 Å². The molecule has 0 aliphatic heterocycles. The summed E-state index contributed by atoms with van der Waals surface area (Å²) in [6, 6.07) is 10.3. The van der Waals surface area contributed by atoms with Crippen molar-refractivity contribution in [1.82, 2.24) is 4.98 Å². The fourth-order valence-corrected chi connectivity index (χ4v) is 2.42. The van der Waals surface area contributed by atoms with Crippen molar-refractivity contribution in [2.75, 3.05) is 0 Å². The van der Waals surface area contributed by atoms with E-state index in [1.807, 2.05) is 18.2 Å². The molecule has 0 aromatic carbocycles. The summed E-state index contributed by atoms with van der Waals surface area (Å²) < 4.78 is 5.12. The minimum Gasteiger partial charge on any atom is -0.427 e. The number of rotatable bonds is 8. The maximum Gasteiger partial charge on any atom is 0.335 e. The van der Waals surface area contributed by atoms with E-state index in [0.717, 1.165) is 12.1 Å². The van der Waals surface area contributed by atoms with Crippen LogP contribution in [0.2, 0.25) is 0 Å². The van der Waals surface area contributed by atoms with Gasteiger partial charge in [-0.15, -0.1) is 0 Å². The minimum absolute atomic E-state index is 0.371. The smallest absolute Gasteiger partial charge is 0.335 e. The van der Waals surface area contributed by atoms with E-state index in [-0.39, 0.29) is 5.63 Å². The van der Waals surface area contributed by atoms with Crippen LogP contribution in [-0.2, 0) is 6.42 Å². The lowest BCUT2D eigenvalue weighted by atomic mass is 10.1. The van der Waals surface area contributed by atoms with Gasteiger partial charge in [-0.05, 0) is 37.0 Å². The first-order valence-corrected chi connectivity index (χ1v) is 9.07. The molecule has 0 aliphatic rings.